The largest absolute Gasteiger partial charge is 0.294 e. The van der Waals surface area contributed by atoms with Gasteiger partial charge in [-0.3, -0.25) is 4.79 Å². The second-order valence-electron chi connectivity index (χ2n) is 2.90. The Morgan fingerprint density at radius 2 is 2.13 bits per heavy atom. The van der Waals surface area contributed by atoms with Crippen LogP contribution in [0, 0.1) is 0 Å². The summed E-state index contributed by atoms with van der Waals surface area (Å²) in [6, 6.07) is 3.69. The van der Waals surface area contributed by atoms with Crippen molar-refractivity contribution in [3.63, 3.8) is 0 Å². The normalized spacial score (nSPS) is 10.7. The van der Waals surface area contributed by atoms with E-state index in [0.29, 0.717) is 5.33 Å². The molecular weight excluding hydrogens is 289 g/mol. The number of benzene rings is 1. The summed E-state index contributed by atoms with van der Waals surface area (Å²) in [7, 11) is 0. The summed E-state index contributed by atoms with van der Waals surface area (Å²) in [6.07, 6.45) is -2.34. The van der Waals surface area contributed by atoms with Gasteiger partial charge in [0.15, 0.2) is 5.78 Å². The number of hydrogen-bond donors (Lipinski definition) is 0. The third kappa shape index (κ3) is 3.24. The fraction of sp³-hybridized carbons (Fsp3) is 0.300. The first-order valence-electron chi connectivity index (χ1n) is 4.23. The summed E-state index contributed by atoms with van der Waals surface area (Å²) >= 11 is 8.86. The van der Waals surface area contributed by atoms with E-state index in [2.05, 4.69) is 15.9 Å². The fourth-order valence-corrected chi connectivity index (χ4v) is 1.70. The van der Waals surface area contributed by atoms with Crippen LogP contribution in [0.15, 0.2) is 18.2 Å². The monoisotopic (exact) mass is 296 g/mol. The lowest BCUT2D eigenvalue weighted by Crippen LogP contribution is -2.01. The summed E-state index contributed by atoms with van der Waals surface area (Å²) in [4.78, 5) is 11.5. The van der Waals surface area contributed by atoms with Gasteiger partial charge < -0.3 is 0 Å². The fourth-order valence-electron chi connectivity index (χ4n) is 1.11. The molecule has 0 aromatic heterocycles. The third-order valence-electron chi connectivity index (χ3n) is 1.86. The molecule has 0 bridgehead atoms. The summed E-state index contributed by atoms with van der Waals surface area (Å²) in [5, 5.41) is 0.700. The van der Waals surface area contributed by atoms with Crippen molar-refractivity contribution in [1.82, 2.24) is 0 Å². The molecule has 0 N–H and O–H groups in total. The van der Waals surface area contributed by atoms with E-state index in [-0.39, 0.29) is 28.4 Å². The smallest absolute Gasteiger partial charge is 0.263 e. The van der Waals surface area contributed by atoms with Crippen molar-refractivity contribution in [1.29, 1.82) is 0 Å². The molecule has 5 heteroatoms. The van der Waals surface area contributed by atoms with Gasteiger partial charge in [0.05, 0.1) is 5.02 Å². The molecule has 15 heavy (non-hydrogen) atoms. The maximum Gasteiger partial charge on any atom is 0.263 e. The van der Waals surface area contributed by atoms with Gasteiger partial charge in [0.2, 0.25) is 0 Å². The lowest BCUT2D eigenvalue weighted by Gasteiger charge is -2.05. The lowest BCUT2D eigenvalue weighted by molar-refractivity contribution is 0.0989. The van der Waals surface area contributed by atoms with Crippen molar-refractivity contribution in [3.8, 4) is 0 Å². The second-order valence-corrected chi connectivity index (χ2v) is 4.10. The highest BCUT2D eigenvalue weighted by molar-refractivity contribution is 9.09. The van der Waals surface area contributed by atoms with E-state index in [1.165, 1.54) is 12.1 Å². The van der Waals surface area contributed by atoms with Crippen LogP contribution in [-0.4, -0.2) is 11.1 Å². The van der Waals surface area contributed by atoms with Gasteiger partial charge in [0.25, 0.3) is 6.43 Å². The Labute approximate surface area is 99.6 Å². The molecule has 1 aromatic rings. The maximum absolute atomic E-state index is 12.4. The van der Waals surface area contributed by atoms with Crippen molar-refractivity contribution < 1.29 is 13.6 Å². The van der Waals surface area contributed by atoms with E-state index < -0.39 is 6.43 Å². The molecule has 1 aromatic carbocycles. The molecule has 0 saturated carbocycles. The summed E-state index contributed by atoms with van der Waals surface area (Å²) in [5.74, 6) is -0.237. The predicted octanol–water partition coefficient (Wildman–Crippen LogP) is 4.25. The first-order chi connectivity index (χ1) is 7.06. The molecular formula is C10H8BrClF2O. The zero-order valence-electron chi connectivity index (χ0n) is 7.64. The van der Waals surface area contributed by atoms with Gasteiger partial charge >= 0.3 is 0 Å². The SMILES string of the molecule is O=C(CCBr)c1cc(C(F)F)ccc1Cl. The average Bonchev–Trinajstić information content (AvgIpc) is 2.18. The molecule has 0 aliphatic heterocycles. The Kier molecular flexibility index (Phi) is 4.67. The van der Waals surface area contributed by atoms with Gasteiger partial charge in [-0.1, -0.05) is 33.6 Å². The molecule has 0 fully saturated rings. The van der Waals surface area contributed by atoms with E-state index in [0.717, 1.165) is 6.07 Å². The Morgan fingerprint density at radius 3 is 2.67 bits per heavy atom. The second kappa shape index (κ2) is 5.56. The first-order valence-corrected chi connectivity index (χ1v) is 5.73. The van der Waals surface area contributed by atoms with Crippen LogP contribution in [0.25, 0.3) is 0 Å². The Hall–Kier alpha value is -0.480. The van der Waals surface area contributed by atoms with Gasteiger partial charge in [0, 0.05) is 22.9 Å². The van der Waals surface area contributed by atoms with Crippen molar-refractivity contribution in [2.24, 2.45) is 0 Å². The molecule has 0 spiro atoms. The maximum atomic E-state index is 12.4. The van der Waals surface area contributed by atoms with Crippen molar-refractivity contribution in [2.75, 3.05) is 5.33 Å². The Balaban J connectivity index is 3.05. The van der Waals surface area contributed by atoms with Gasteiger partial charge in [-0.25, -0.2) is 8.78 Å². The first kappa shape index (κ1) is 12.6. The molecule has 0 unspecified atom stereocenters. The van der Waals surface area contributed by atoms with E-state index in [1.807, 2.05) is 0 Å². The molecule has 0 aliphatic carbocycles. The summed E-state index contributed by atoms with van der Waals surface area (Å²) in [6.45, 7) is 0. The zero-order valence-corrected chi connectivity index (χ0v) is 9.99. The molecule has 0 aliphatic rings. The highest BCUT2D eigenvalue weighted by Crippen LogP contribution is 2.25. The quantitative estimate of drug-likeness (QED) is 0.600. The molecule has 0 atom stereocenters. The molecule has 0 radical (unpaired) electrons. The number of carbonyl (C=O) groups is 1. The van der Waals surface area contributed by atoms with E-state index >= 15 is 0 Å². The number of rotatable bonds is 4. The van der Waals surface area contributed by atoms with E-state index in [9.17, 15) is 13.6 Å². The number of carbonyl (C=O) groups excluding carboxylic acids is 1. The number of ketones is 1. The third-order valence-corrected chi connectivity index (χ3v) is 2.59. The minimum Gasteiger partial charge on any atom is -0.294 e. The topological polar surface area (TPSA) is 17.1 Å². The molecule has 1 rings (SSSR count). The van der Waals surface area contributed by atoms with Gasteiger partial charge in [-0.05, 0) is 12.1 Å². The van der Waals surface area contributed by atoms with Crippen LogP contribution in [0.4, 0.5) is 8.78 Å². The van der Waals surface area contributed by atoms with Crippen LogP contribution in [0.3, 0.4) is 0 Å². The van der Waals surface area contributed by atoms with Crippen molar-refractivity contribution in [3.05, 3.63) is 34.3 Å². The van der Waals surface area contributed by atoms with E-state index in [1.54, 1.807) is 0 Å². The average molecular weight is 298 g/mol. The standard InChI is InChI=1S/C10H8BrClF2O/c11-4-3-9(15)7-5-6(10(13)14)1-2-8(7)12/h1-2,5,10H,3-4H2. The van der Waals surface area contributed by atoms with Crippen molar-refractivity contribution >= 4 is 33.3 Å². The van der Waals surface area contributed by atoms with Gasteiger partial charge in [-0.2, -0.15) is 0 Å². The summed E-state index contributed by atoms with van der Waals surface area (Å²) < 4.78 is 24.7. The van der Waals surface area contributed by atoms with Gasteiger partial charge in [0.1, 0.15) is 0 Å². The lowest BCUT2D eigenvalue weighted by atomic mass is 10.1. The minimum absolute atomic E-state index is 0.161. The Morgan fingerprint density at radius 1 is 1.47 bits per heavy atom. The number of alkyl halides is 3. The van der Waals surface area contributed by atoms with Crippen LogP contribution in [0.5, 0.6) is 0 Å². The summed E-state index contributed by atoms with van der Waals surface area (Å²) in [5.41, 5.74) is -0.0220. The van der Waals surface area contributed by atoms with Gasteiger partial charge in [-0.15, -0.1) is 0 Å². The molecule has 0 amide bonds. The van der Waals surface area contributed by atoms with Crippen LogP contribution >= 0.6 is 27.5 Å². The predicted molar refractivity (Wildman–Crippen MR) is 59.2 cm³/mol. The molecule has 0 saturated heterocycles. The highest BCUT2D eigenvalue weighted by Gasteiger charge is 2.14. The molecule has 82 valence electrons. The molecule has 1 nitrogen and oxygen atoms in total. The van der Waals surface area contributed by atoms with Crippen LogP contribution in [-0.2, 0) is 0 Å². The number of halogens is 4. The number of Topliss-reactive ketones (excluding diaryl/α,β-unsaturated/α-hetero) is 1. The Bertz CT molecular complexity index is 368. The molecule has 0 heterocycles. The van der Waals surface area contributed by atoms with Crippen LogP contribution in [0.2, 0.25) is 5.02 Å². The van der Waals surface area contributed by atoms with Crippen molar-refractivity contribution in [2.45, 2.75) is 12.8 Å². The zero-order chi connectivity index (χ0) is 11.4. The van der Waals surface area contributed by atoms with Crippen LogP contribution in [0.1, 0.15) is 28.8 Å². The minimum atomic E-state index is -2.59. The van der Waals surface area contributed by atoms with E-state index in [4.69, 9.17) is 11.6 Å². The highest BCUT2D eigenvalue weighted by atomic mass is 79.9. The van der Waals surface area contributed by atoms with Crippen LogP contribution < -0.4 is 0 Å². The number of hydrogen-bond acceptors (Lipinski definition) is 1.